The van der Waals surface area contributed by atoms with Crippen LogP contribution < -0.4 is 5.32 Å². The Labute approximate surface area is 170 Å². The van der Waals surface area contributed by atoms with Crippen molar-refractivity contribution in [2.75, 3.05) is 38.2 Å². The van der Waals surface area contributed by atoms with E-state index in [1.807, 2.05) is 24.3 Å². The number of morpholine rings is 1. The molecule has 0 saturated carbocycles. The number of benzene rings is 1. The van der Waals surface area contributed by atoms with E-state index in [0.29, 0.717) is 37.6 Å². The SMILES string of the molecule is O=C(Nc1cccc(CS(=O)(=O)N2CCOCC2)c1)[C@@H]1CO[C@H]2C=CC=C[C@H]2O1. The number of carbonyl (C=O) groups is 1. The second kappa shape index (κ2) is 8.76. The molecule has 1 N–H and O–H groups in total. The molecule has 0 unspecified atom stereocenters. The molecule has 0 radical (unpaired) electrons. The molecular formula is C20H24N2O6S. The van der Waals surface area contributed by atoms with Crippen LogP contribution >= 0.6 is 0 Å². The molecule has 0 bridgehead atoms. The molecule has 0 aromatic heterocycles. The van der Waals surface area contributed by atoms with Crippen molar-refractivity contribution in [2.45, 2.75) is 24.1 Å². The van der Waals surface area contributed by atoms with Crippen LogP contribution in [0.2, 0.25) is 0 Å². The van der Waals surface area contributed by atoms with Gasteiger partial charge in [0.15, 0.2) is 6.10 Å². The maximum absolute atomic E-state index is 12.6. The molecule has 1 aromatic rings. The second-order valence-electron chi connectivity index (χ2n) is 7.11. The number of anilines is 1. The fraction of sp³-hybridized carbons (Fsp3) is 0.450. The molecule has 9 heteroatoms. The molecule has 2 saturated heterocycles. The third-order valence-corrected chi connectivity index (χ3v) is 6.85. The monoisotopic (exact) mass is 420 g/mol. The number of carbonyl (C=O) groups excluding carboxylic acids is 1. The van der Waals surface area contributed by atoms with Gasteiger partial charge in [0, 0.05) is 18.8 Å². The summed E-state index contributed by atoms with van der Waals surface area (Å²) in [6.07, 6.45) is 6.34. The lowest BCUT2D eigenvalue weighted by molar-refractivity contribution is -0.164. The van der Waals surface area contributed by atoms with E-state index < -0.39 is 16.1 Å². The van der Waals surface area contributed by atoms with Crippen LogP contribution in [0.5, 0.6) is 0 Å². The van der Waals surface area contributed by atoms with Crippen LogP contribution in [0.25, 0.3) is 0 Å². The van der Waals surface area contributed by atoms with E-state index in [9.17, 15) is 13.2 Å². The lowest BCUT2D eigenvalue weighted by Gasteiger charge is -2.34. The van der Waals surface area contributed by atoms with Crippen molar-refractivity contribution >= 4 is 21.6 Å². The summed E-state index contributed by atoms with van der Waals surface area (Å²) < 4.78 is 43.4. The van der Waals surface area contributed by atoms with E-state index in [1.54, 1.807) is 24.3 Å². The number of allylic oxidation sites excluding steroid dienone is 2. The first-order chi connectivity index (χ1) is 14.0. The summed E-state index contributed by atoms with van der Waals surface area (Å²) in [5, 5.41) is 2.80. The van der Waals surface area contributed by atoms with Gasteiger partial charge in [-0.25, -0.2) is 8.42 Å². The van der Waals surface area contributed by atoms with E-state index in [1.165, 1.54) is 4.31 Å². The number of hydrogen-bond donors (Lipinski definition) is 1. The number of rotatable bonds is 5. The smallest absolute Gasteiger partial charge is 0.255 e. The molecule has 1 aromatic carbocycles. The number of ether oxygens (including phenoxy) is 3. The summed E-state index contributed by atoms with van der Waals surface area (Å²) in [7, 11) is -3.43. The Morgan fingerprint density at radius 1 is 1.14 bits per heavy atom. The van der Waals surface area contributed by atoms with Crippen molar-refractivity contribution in [1.29, 1.82) is 0 Å². The van der Waals surface area contributed by atoms with Gasteiger partial charge in [0.05, 0.1) is 25.6 Å². The lowest BCUT2D eigenvalue weighted by atomic mass is 10.1. The van der Waals surface area contributed by atoms with Crippen LogP contribution in [0.4, 0.5) is 5.69 Å². The quantitative estimate of drug-likeness (QED) is 0.766. The molecule has 4 rings (SSSR count). The van der Waals surface area contributed by atoms with Gasteiger partial charge in [-0.2, -0.15) is 4.31 Å². The fourth-order valence-corrected chi connectivity index (χ4v) is 4.98. The highest BCUT2D eigenvalue weighted by Crippen LogP contribution is 2.22. The molecule has 1 aliphatic carbocycles. The molecule has 2 fully saturated rings. The predicted molar refractivity (Wildman–Crippen MR) is 107 cm³/mol. The number of sulfonamides is 1. The minimum Gasteiger partial charge on any atom is -0.379 e. The normalized spacial score (nSPS) is 27.4. The zero-order valence-electron chi connectivity index (χ0n) is 15.9. The maximum Gasteiger partial charge on any atom is 0.255 e. The number of hydrogen-bond acceptors (Lipinski definition) is 6. The third-order valence-electron chi connectivity index (χ3n) is 5.00. The van der Waals surface area contributed by atoms with Gasteiger partial charge in [-0.3, -0.25) is 4.79 Å². The maximum atomic E-state index is 12.6. The Hall–Kier alpha value is -2.04. The summed E-state index contributed by atoms with van der Waals surface area (Å²) in [6, 6.07) is 6.85. The summed E-state index contributed by atoms with van der Waals surface area (Å²) >= 11 is 0. The first-order valence-electron chi connectivity index (χ1n) is 9.59. The van der Waals surface area contributed by atoms with Crippen molar-refractivity contribution in [3.05, 3.63) is 54.1 Å². The third kappa shape index (κ3) is 4.93. The zero-order valence-corrected chi connectivity index (χ0v) is 16.7. The molecule has 3 aliphatic rings. The van der Waals surface area contributed by atoms with Gasteiger partial charge in [0.25, 0.3) is 5.91 Å². The Balaban J connectivity index is 1.38. The van der Waals surface area contributed by atoms with E-state index in [0.717, 1.165) is 0 Å². The largest absolute Gasteiger partial charge is 0.379 e. The van der Waals surface area contributed by atoms with Crippen molar-refractivity contribution in [3.63, 3.8) is 0 Å². The van der Waals surface area contributed by atoms with Crippen molar-refractivity contribution < 1.29 is 27.4 Å². The minimum atomic E-state index is -3.43. The lowest BCUT2D eigenvalue weighted by Crippen LogP contribution is -2.47. The molecule has 1 amide bonds. The summed E-state index contributed by atoms with van der Waals surface area (Å²) in [4.78, 5) is 12.6. The molecule has 29 heavy (non-hydrogen) atoms. The van der Waals surface area contributed by atoms with Crippen LogP contribution in [0.15, 0.2) is 48.6 Å². The topological polar surface area (TPSA) is 94.2 Å². The molecule has 156 valence electrons. The summed E-state index contributed by atoms with van der Waals surface area (Å²) in [5.41, 5.74) is 1.13. The average molecular weight is 420 g/mol. The Bertz CT molecular complexity index is 907. The minimum absolute atomic E-state index is 0.124. The van der Waals surface area contributed by atoms with Crippen molar-refractivity contribution in [2.24, 2.45) is 0 Å². The summed E-state index contributed by atoms with van der Waals surface area (Å²) in [6.45, 7) is 1.71. The van der Waals surface area contributed by atoms with E-state index in [4.69, 9.17) is 14.2 Å². The number of nitrogens with one attached hydrogen (secondary N) is 1. The van der Waals surface area contributed by atoms with Crippen LogP contribution in [0.3, 0.4) is 0 Å². The van der Waals surface area contributed by atoms with Crippen LogP contribution in [-0.2, 0) is 34.8 Å². The predicted octanol–water partition coefficient (Wildman–Crippen LogP) is 1.07. The van der Waals surface area contributed by atoms with Gasteiger partial charge in [-0.15, -0.1) is 0 Å². The number of fused-ring (bicyclic) bond motifs is 1. The number of amides is 1. The van der Waals surface area contributed by atoms with E-state index >= 15 is 0 Å². The first kappa shape index (κ1) is 20.2. The Kier molecular flexibility index (Phi) is 6.12. The molecule has 0 spiro atoms. The Morgan fingerprint density at radius 2 is 1.90 bits per heavy atom. The van der Waals surface area contributed by atoms with Gasteiger partial charge in [-0.1, -0.05) is 36.4 Å². The van der Waals surface area contributed by atoms with E-state index in [2.05, 4.69) is 5.32 Å². The second-order valence-corrected chi connectivity index (χ2v) is 9.08. The standard InChI is InChI=1S/C20H24N2O6S/c23-20(19-13-27-17-6-1-2-7-18(17)28-19)21-16-5-3-4-15(12-16)14-29(24,25)22-8-10-26-11-9-22/h1-7,12,17-19H,8-11,13-14H2,(H,21,23)/t17-,18+,19-/m0/s1. The van der Waals surface area contributed by atoms with Crippen LogP contribution in [-0.4, -0.2) is 69.9 Å². The first-order valence-corrected chi connectivity index (χ1v) is 11.2. The molecule has 8 nitrogen and oxygen atoms in total. The van der Waals surface area contributed by atoms with Gasteiger partial charge >= 0.3 is 0 Å². The highest BCUT2D eigenvalue weighted by atomic mass is 32.2. The fourth-order valence-electron chi connectivity index (χ4n) is 3.49. The zero-order chi connectivity index (χ0) is 20.3. The molecular weight excluding hydrogens is 396 g/mol. The highest BCUT2D eigenvalue weighted by Gasteiger charge is 2.33. The summed E-state index contributed by atoms with van der Waals surface area (Å²) in [5.74, 6) is -0.444. The average Bonchev–Trinajstić information content (AvgIpc) is 2.74. The van der Waals surface area contributed by atoms with Crippen molar-refractivity contribution in [3.8, 4) is 0 Å². The number of nitrogens with zero attached hydrogens (tertiary/aromatic N) is 1. The molecule has 2 heterocycles. The molecule has 2 aliphatic heterocycles. The molecule has 3 atom stereocenters. The van der Waals surface area contributed by atoms with E-state index in [-0.39, 0.29) is 30.5 Å². The van der Waals surface area contributed by atoms with Gasteiger partial charge in [-0.05, 0) is 17.7 Å². The van der Waals surface area contributed by atoms with Crippen molar-refractivity contribution in [1.82, 2.24) is 4.31 Å². The van der Waals surface area contributed by atoms with Crippen LogP contribution in [0.1, 0.15) is 5.56 Å². The van der Waals surface area contributed by atoms with Gasteiger partial charge < -0.3 is 19.5 Å². The van der Waals surface area contributed by atoms with Gasteiger partial charge in [0.2, 0.25) is 10.0 Å². The Morgan fingerprint density at radius 3 is 2.69 bits per heavy atom. The van der Waals surface area contributed by atoms with Crippen LogP contribution in [0, 0.1) is 0 Å². The van der Waals surface area contributed by atoms with Gasteiger partial charge in [0.1, 0.15) is 12.2 Å². The highest BCUT2D eigenvalue weighted by molar-refractivity contribution is 7.88.